The predicted octanol–water partition coefficient (Wildman–Crippen LogP) is 5.04. The molecule has 0 spiro atoms. The number of para-hydroxylation sites is 1. The molecule has 45 heavy (non-hydrogen) atoms. The van der Waals surface area contributed by atoms with Gasteiger partial charge in [-0.3, -0.25) is 28.9 Å². The maximum Gasteiger partial charge on any atom is 0.303 e. The van der Waals surface area contributed by atoms with Gasteiger partial charge in [0.05, 0.1) is 36.0 Å². The molecule has 2 heterocycles. The van der Waals surface area contributed by atoms with E-state index in [0.717, 1.165) is 5.57 Å². The number of hydrogen-bond acceptors (Lipinski definition) is 7. The summed E-state index contributed by atoms with van der Waals surface area (Å²) in [7, 11) is 1.43. The van der Waals surface area contributed by atoms with Crippen molar-refractivity contribution in [2.24, 2.45) is 29.1 Å². The van der Waals surface area contributed by atoms with Crippen molar-refractivity contribution in [3.8, 4) is 11.5 Å². The van der Waals surface area contributed by atoms with Crippen LogP contribution in [0.25, 0.3) is 0 Å². The van der Waals surface area contributed by atoms with E-state index in [0.29, 0.717) is 41.4 Å². The molecule has 0 unspecified atom stereocenters. The Labute approximate surface area is 269 Å². The largest absolute Gasteiger partial charge is 0.504 e. The average molecular weight is 680 g/mol. The highest BCUT2D eigenvalue weighted by molar-refractivity contribution is 9.10. The van der Waals surface area contributed by atoms with Crippen LogP contribution in [-0.4, -0.2) is 58.4 Å². The van der Waals surface area contributed by atoms with Gasteiger partial charge in [-0.25, -0.2) is 4.90 Å². The lowest BCUT2D eigenvalue weighted by Crippen LogP contribution is -2.49. The Kier molecular flexibility index (Phi) is 8.09. The van der Waals surface area contributed by atoms with E-state index in [9.17, 15) is 29.1 Å². The van der Waals surface area contributed by atoms with Crippen LogP contribution in [0, 0.1) is 29.1 Å². The van der Waals surface area contributed by atoms with Gasteiger partial charge >= 0.3 is 5.97 Å². The van der Waals surface area contributed by atoms with E-state index in [2.05, 4.69) is 15.9 Å². The van der Waals surface area contributed by atoms with Crippen molar-refractivity contribution in [3.63, 3.8) is 0 Å². The highest BCUT2D eigenvalue weighted by Gasteiger charge is 2.68. The van der Waals surface area contributed by atoms with Crippen LogP contribution < -0.4 is 9.64 Å². The molecule has 2 aromatic carbocycles. The van der Waals surface area contributed by atoms with Crippen molar-refractivity contribution in [2.45, 2.75) is 51.4 Å². The summed E-state index contributed by atoms with van der Waals surface area (Å²) in [6.45, 7) is 1.98. The number of methoxy groups -OCH3 is 1. The number of likely N-dealkylation sites (tertiary alicyclic amines) is 1. The fourth-order valence-corrected chi connectivity index (χ4v) is 8.62. The van der Waals surface area contributed by atoms with Gasteiger partial charge < -0.3 is 14.9 Å². The van der Waals surface area contributed by atoms with Gasteiger partial charge in [0.25, 0.3) is 0 Å². The number of amides is 4. The number of aromatic hydroxyl groups is 1. The van der Waals surface area contributed by atoms with E-state index >= 15 is 0 Å². The minimum Gasteiger partial charge on any atom is -0.504 e. The van der Waals surface area contributed by atoms with E-state index in [1.165, 1.54) is 16.9 Å². The minimum absolute atomic E-state index is 0.0318. The number of imide groups is 2. The minimum atomic E-state index is -1.29. The summed E-state index contributed by atoms with van der Waals surface area (Å²) in [6, 6.07) is 12.1. The molecule has 10 nitrogen and oxygen atoms in total. The van der Waals surface area contributed by atoms with Gasteiger partial charge in [0, 0.05) is 28.9 Å². The Morgan fingerprint density at radius 2 is 1.76 bits per heavy atom. The molecule has 236 valence electrons. The molecule has 2 saturated heterocycles. The Balaban J connectivity index is 1.42. The molecule has 1 saturated carbocycles. The first kappa shape index (κ1) is 31.0. The van der Waals surface area contributed by atoms with Crippen molar-refractivity contribution in [1.29, 1.82) is 0 Å². The number of carboxylic acids is 1. The Morgan fingerprint density at radius 1 is 1.02 bits per heavy atom. The monoisotopic (exact) mass is 678 g/mol. The number of fused-ring (bicyclic) bond motifs is 4. The van der Waals surface area contributed by atoms with Gasteiger partial charge in [-0.1, -0.05) is 52.2 Å². The second-order valence-electron chi connectivity index (χ2n) is 12.6. The number of phenolic OH excluding ortho intramolecular Hbond substituents is 1. The molecule has 6 atom stereocenters. The summed E-state index contributed by atoms with van der Waals surface area (Å²) in [6.07, 6.45) is 4.02. The number of allylic oxidation sites excluding steroid dienone is 2. The fraction of sp³-hybridized carbons (Fsp3) is 0.441. The zero-order valence-electron chi connectivity index (χ0n) is 25.1. The number of ether oxygens (including phenoxy) is 1. The quantitative estimate of drug-likeness (QED) is 0.214. The summed E-state index contributed by atoms with van der Waals surface area (Å²) in [5, 5.41) is 20.4. The number of phenols is 1. The van der Waals surface area contributed by atoms with Crippen LogP contribution in [0.1, 0.15) is 56.9 Å². The lowest BCUT2D eigenvalue weighted by molar-refractivity contribution is -0.141. The molecule has 2 aliphatic carbocycles. The van der Waals surface area contributed by atoms with Crippen molar-refractivity contribution in [1.82, 2.24) is 4.90 Å². The molecule has 2 N–H and O–H groups in total. The molecule has 2 aromatic rings. The molecule has 2 aliphatic heterocycles. The maximum atomic E-state index is 14.5. The Morgan fingerprint density at radius 3 is 2.44 bits per heavy atom. The summed E-state index contributed by atoms with van der Waals surface area (Å²) < 4.78 is 6.07. The number of hydrogen-bond donors (Lipinski definition) is 2. The molecular formula is C34H35BrN2O8. The number of carboxylic acid groups (broad SMARTS) is 1. The van der Waals surface area contributed by atoms with E-state index in [1.807, 2.05) is 6.08 Å². The van der Waals surface area contributed by atoms with Gasteiger partial charge in [0.2, 0.25) is 23.6 Å². The van der Waals surface area contributed by atoms with Crippen LogP contribution in [0.5, 0.6) is 11.5 Å². The zero-order valence-corrected chi connectivity index (χ0v) is 26.7. The van der Waals surface area contributed by atoms with Crippen molar-refractivity contribution in [3.05, 3.63) is 64.1 Å². The van der Waals surface area contributed by atoms with Crippen molar-refractivity contribution >= 4 is 51.2 Å². The number of benzene rings is 2. The third kappa shape index (κ3) is 4.86. The molecule has 3 fully saturated rings. The Hall–Kier alpha value is -3.99. The molecule has 6 rings (SSSR count). The number of rotatable bonds is 9. The second-order valence-corrected chi connectivity index (χ2v) is 13.5. The maximum absolute atomic E-state index is 14.5. The first-order valence-corrected chi connectivity index (χ1v) is 16.1. The van der Waals surface area contributed by atoms with E-state index in [1.54, 1.807) is 49.4 Å². The van der Waals surface area contributed by atoms with E-state index in [-0.39, 0.29) is 54.5 Å². The third-order valence-corrected chi connectivity index (χ3v) is 10.7. The van der Waals surface area contributed by atoms with E-state index in [4.69, 9.17) is 9.84 Å². The number of halogens is 1. The highest BCUT2D eigenvalue weighted by atomic mass is 79.9. The number of aliphatic carboxylic acids is 1. The SMILES string of the molecule is COc1cc(Br)cc([C@H]2C3=CC[C@@H]4C(=O)N(CCCCCC(=O)O)C(=O)[C@@H]4[C@@H]3C[C@H]3C(=O)N(c4ccccc4)C(=O)[C@@]23C)c1O. The van der Waals surface area contributed by atoms with E-state index < -0.39 is 41.0 Å². The standard InChI is InChI=1S/C34H35BrN2O8/c1-34-24(31(42)37(33(34)44)19-9-5-3-6-10-19)17-22-20(28(34)23-15-18(35)16-25(45-2)29(23)40)12-13-21-27(22)32(43)36(30(21)41)14-8-4-7-11-26(38)39/h3,5-6,9-10,12,15-16,21-22,24,27-28,40H,4,7-8,11,13-14,17H2,1-2H3,(H,38,39)/t21-,22+,24-,27-,28+,34+/m0/s1. The fourth-order valence-electron chi connectivity index (χ4n) is 8.16. The predicted molar refractivity (Wildman–Crippen MR) is 166 cm³/mol. The lowest BCUT2D eigenvalue weighted by Gasteiger charge is -2.49. The Bertz CT molecular complexity index is 1620. The van der Waals surface area contributed by atoms with Crippen LogP contribution in [-0.2, 0) is 24.0 Å². The number of nitrogens with zero attached hydrogens (tertiary/aromatic N) is 2. The van der Waals surface area contributed by atoms with Gasteiger partial charge in [0.1, 0.15) is 0 Å². The van der Waals surface area contributed by atoms with Crippen LogP contribution in [0.15, 0.2) is 58.6 Å². The molecule has 4 aliphatic rings. The van der Waals surface area contributed by atoms with Crippen LogP contribution in [0.4, 0.5) is 5.69 Å². The average Bonchev–Trinajstić information content (AvgIpc) is 3.37. The summed E-state index contributed by atoms with van der Waals surface area (Å²) in [5.74, 6) is -5.50. The van der Waals surface area contributed by atoms with Crippen molar-refractivity contribution in [2.75, 3.05) is 18.6 Å². The summed E-state index contributed by atoms with van der Waals surface area (Å²) >= 11 is 3.51. The molecule has 0 aromatic heterocycles. The van der Waals surface area contributed by atoms with Crippen LogP contribution in [0.3, 0.4) is 0 Å². The normalized spacial score (nSPS) is 29.0. The van der Waals surface area contributed by atoms with Gasteiger partial charge in [-0.05, 0) is 62.8 Å². The van der Waals surface area contributed by atoms with Gasteiger partial charge in [-0.15, -0.1) is 0 Å². The van der Waals surface area contributed by atoms with Crippen molar-refractivity contribution < 1.29 is 38.9 Å². The summed E-state index contributed by atoms with van der Waals surface area (Å²) in [5.41, 5.74) is 0.340. The number of carbonyl (C=O) groups excluding carboxylic acids is 4. The molecule has 11 heteroatoms. The number of anilines is 1. The van der Waals surface area contributed by atoms with Gasteiger partial charge in [-0.2, -0.15) is 0 Å². The smallest absolute Gasteiger partial charge is 0.303 e. The number of carbonyl (C=O) groups is 5. The second kappa shape index (κ2) is 11.7. The first-order chi connectivity index (χ1) is 21.5. The molecular weight excluding hydrogens is 644 g/mol. The zero-order chi connectivity index (χ0) is 32.2. The lowest BCUT2D eigenvalue weighted by atomic mass is 9.51. The number of unbranched alkanes of at least 4 members (excludes halogenated alkanes) is 2. The highest BCUT2D eigenvalue weighted by Crippen LogP contribution is 2.65. The van der Waals surface area contributed by atoms with Crippen LogP contribution >= 0.6 is 15.9 Å². The third-order valence-electron chi connectivity index (χ3n) is 10.3. The summed E-state index contributed by atoms with van der Waals surface area (Å²) in [4.78, 5) is 69.7. The van der Waals surface area contributed by atoms with Crippen LogP contribution in [0.2, 0.25) is 0 Å². The molecule has 0 bridgehead atoms. The topological polar surface area (TPSA) is 142 Å². The molecule has 4 amide bonds. The van der Waals surface area contributed by atoms with Gasteiger partial charge in [0.15, 0.2) is 11.5 Å². The first-order valence-electron chi connectivity index (χ1n) is 15.3. The molecule has 0 radical (unpaired) electrons.